The number of hydrogen-bond acceptors (Lipinski definition) is 4. The Hall–Kier alpha value is -3.98. The zero-order chi connectivity index (χ0) is 29.3. The second-order valence-corrected chi connectivity index (χ2v) is 12.3. The van der Waals surface area contributed by atoms with Gasteiger partial charge in [0, 0.05) is 17.5 Å². The number of halogens is 2. The van der Waals surface area contributed by atoms with E-state index >= 15 is 0 Å². The van der Waals surface area contributed by atoms with Crippen LogP contribution in [0.5, 0.6) is 0 Å². The van der Waals surface area contributed by atoms with Gasteiger partial charge in [-0.3, -0.25) is 14.5 Å². The van der Waals surface area contributed by atoms with E-state index < -0.39 is 5.41 Å². The molecule has 0 aliphatic carbocycles. The van der Waals surface area contributed by atoms with Crippen LogP contribution in [0.1, 0.15) is 54.0 Å². The Kier molecular flexibility index (Phi) is 8.00. The molecule has 0 saturated heterocycles. The molecule has 1 atom stereocenters. The molecule has 212 valence electrons. The summed E-state index contributed by atoms with van der Waals surface area (Å²) in [5.74, 6) is -0.675. The highest BCUT2D eigenvalue weighted by Crippen LogP contribution is 2.48. The molecular weight excluding hydrogens is 542 g/mol. The number of anilines is 1. The summed E-state index contributed by atoms with van der Waals surface area (Å²) in [6.07, 6.45) is 0. The molecule has 41 heavy (non-hydrogen) atoms. The lowest BCUT2D eigenvalue weighted by molar-refractivity contribution is -0.123. The molecule has 0 unspecified atom stereocenters. The first-order valence-electron chi connectivity index (χ1n) is 13.4. The number of aromatic nitrogens is 2. The van der Waals surface area contributed by atoms with E-state index in [0.717, 1.165) is 27.9 Å². The number of aryl methyl sites for hydroxylation is 1. The minimum atomic E-state index is -0.401. The van der Waals surface area contributed by atoms with Crippen LogP contribution in [0, 0.1) is 18.6 Å². The smallest absolute Gasteiger partial charge is 0.240 e. The Morgan fingerprint density at radius 1 is 1.02 bits per heavy atom. The van der Waals surface area contributed by atoms with Crippen molar-refractivity contribution in [2.24, 2.45) is 0 Å². The van der Waals surface area contributed by atoms with E-state index in [0.29, 0.717) is 11.5 Å². The summed E-state index contributed by atoms with van der Waals surface area (Å²) in [6.45, 7) is 8.18. The molecule has 1 aromatic heterocycles. The highest BCUT2D eigenvalue weighted by atomic mass is 32.2. The summed E-state index contributed by atoms with van der Waals surface area (Å²) >= 11 is 1.51. The third-order valence-electron chi connectivity index (χ3n) is 6.92. The summed E-state index contributed by atoms with van der Waals surface area (Å²) in [5.41, 5.74) is 4.71. The summed E-state index contributed by atoms with van der Waals surface area (Å²) in [7, 11) is 0. The predicted molar refractivity (Wildman–Crippen MR) is 158 cm³/mol. The molecule has 6 nitrogen and oxygen atoms in total. The lowest BCUT2D eigenvalue weighted by Gasteiger charge is -2.24. The fraction of sp³-hybridized carbons (Fsp3) is 0.281. The van der Waals surface area contributed by atoms with Gasteiger partial charge in [-0.1, -0.05) is 62.7 Å². The van der Waals surface area contributed by atoms with Crippen LogP contribution in [0.15, 0.2) is 72.8 Å². The van der Waals surface area contributed by atoms with Gasteiger partial charge in [0.2, 0.25) is 11.8 Å². The number of carbonyl (C=O) groups is 2. The van der Waals surface area contributed by atoms with Crippen LogP contribution < -0.4 is 10.2 Å². The van der Waals surface area contributed by atoms with E-state index in [-0.39, 0.29) is 47.5 Å². The number of rotatable bonds is 6. The molecule has 0 fully saturated rings. The Bertz CT molecular complexity index is 1580. The van der Waals surface area contributed by atoms with Crippen molar-refractivity contribution in [3.63, 3.8) is 0 Å². The molecule has 0 bridgehead atoms. The number of nitrogens with zero attached hydrogens (tertiary/aromatic N) is 3. The molecule has 2 amide bonds. The fourth-order valence-electron chi connectivity index (χ4n) is 4.93. The van der Waals surface area contributed by atoms with Gasteiger partial charge in [-0.2, -0.15) is 5.10 Å². The maximum absolute atomic E-state index is 13.9. The third kappa shape index (κ3) is 6.20. The number of thioether (sulfide) groups is 1. The Labute approximate surface area is 242 Å². The lowest BCUT2D eigenvalue weighted by atomic mass is 9.87. The van der Waals surface area contributed by atoms with Crippen molar-refractivity contribution in [2.45, 2.75) is 44.9 Å². The Morgan fingerprint density at radius 3 is 2.32 bits per heavy atom. The van der Waals surface area contributed by atoms with Gasteiger partial charge in [0.15, 0.2) is 0 Å². The highest BCUT2D eigenvalue weighted by molar-refractivity contribution is 8.00. The topological polar surface area (TPSA) is 67.2 Å². The van der Waals surface area contributed by atoms with E-state index in [2.05, 4.69) is 32.2 Å². The van der Waals surface area contributed by atoms with Crippen molar-refractivity contribution in [1.29, 1.82) is 0 Å². The number of carbonyl (C=O) groups excluding carboxylic acids is 2. The van der Waals surface area contributed by atoms with Crippen molar-refractivity contribution >= 4 is 29.4 Å². The normalized spacial score (nSPS) is 15.4. The average molecular weight is 575 g/mol. The Balaban J connectivity index is 1.63. The molecular formula is C32H32F2N4O2S. The largest absolute Gasteiger partial charge is 0.350 e. The van der Waals surface area contributed by atoms with Crippen molar-refractivity contribution in [1.82, 2.24) is 15.1 Å². The van der Waals surface area contributed by atoms with Gasteiger partial charge < -0.3 is 5.32 Å². The van der Waals surface area contributed by atoms with Crippen molar-refractivity contribution in [3.05, 3.63) is 112 Å². The van der Waals surface area contributed by atoms with Crippen LogP contribution in [-0.2, 0) is 21.5 Å². The summed E-state index contributed by atoms with van der Waals surface area (Å²) in [4.78, 5) is 28.5. The average Bonchev–Trinajstić information content (AvgIpc) is 3.26. The van der Waals surface area contributed by atoms with Crippen molar-refractivity contribution in [3.8, 4) is 5.69 Å². The van der Waals surface area contributed by atoms with Gasteiger partial charge in [-0.15, -0.1) is 11.8 Å². The molecule has 1 N–H and O–H groups in total. The van der Waals surface area contributed by atoms with Gasteiger partial charge in [-0.05, 0) is 54.4 Å². The van der Waals surface area contributed by atoms with E-state index in [1.165, 1.54) is 40.9 Å². The first-order valence-corrected chi connectivity index (χ1v) is 14.4. The van der Waals surface area contributed by atoms with Gasteiger partial charge >= 0.3 is 0 Å². The van der Waals surface area contributed by atoms with Crippen molar-refractivity contribution in [2.75, 3.05) is 17.2 Å². The first-order chi connectivity index (χ1) is 19.5. The van der Waals surface area contributed by atoms with E-state index in [4.69, 9.17) is 5.10 Å². The Morgan fingerprint density at radius 2 is 1.68 bits per heavy atom. The fourth-order valence-corrected chi connectivity index (χ4v) is 6.12. The molecule has 0 spiro atoms. The van der Waals surface area contributed by atoms with Gasteiger partial charge in [0.05, 0.1) is 22.4 Å². The number of nitrogens with one attached hydrogen (secondary N) is 1. The van der Waals surface area contributed by atoms with Crippen LogP contribution >= 0.6 is 11.8 Å². The minimum absolute atomic E-state index is 0.158. The zero-order valence-electron chi connectivity index (χ0n) is 23.4. The first kappa shape index (κ1) is 28.5. The third-order valence-corrected chi connectivity index (χ3v) is 8.17. The van der Waals surface area contributed by atoms with Crippen LogP contribution in [-0.4, -0.2) is 33.9 Å². The molecule has 0 radical (unpaired) electrons. The van der Waals surface area contributed by atoms with E-state index in [1.54, 1.807) is 28.9 Å². The molecule has 3 aromatic carbocycles. The minimum Gasteiger partial charge on any atom is -0.350 e. The van der Waals surface area contributed by atoms with Crippen LogP contribution in [0.4, 0.5) is 14.6 Å². The predicted octanol–water partition coefficient (Wildman–Crippen LogP) is 6.24. The number of fused-ring (bicyclic) bond motifs is 1. The van der Waals surface area contributed by atoms with E-state index in [1.807, 2.05) is 25.1 Å². The molecule has 1 aliphatic heterocycles. The number of benzene rings is 3. The maximum atomic E-state index is 13.9. The number of amides is 2. The van der Waals surface area contributed by atoms with Crippen molar-refractivity contribution < 1.29 is 18.4 Å². The quantitative estimate of drug-likeness (QED) is 0.296. The summed E-state index contributed by atoms with van der Waals surface area (Å²) in [5, 5.41) is 7.65. The van der Waals surface area contributed by atoms with Gasteiger partial charge in [-0.25, -0.2) is 13.5 Å². The second-order valence-electron chi connectivity index (χ2n) is 11.2. The zero-order valence-corrected chi connectivity index (χ0v) is 24.3. The molecule has 0 saturated carbocycles. The molecule has 1 aliphatic rings. The molecule has 4 aromatic rings. The SMILES string of the molecule is Cc1cccc([C@H]2SCC(=O)N(CC(=O)NCc3ccc(F)cc3)c3c2c(C(C)(C)C)nn3-c2ccc(F)cc2)c1. The number of hydrogen-bond donors (Lipinski definition) is 1. The van der Waals surface area contributed by atoms with Crippen LogP contribution in [0.2, 0.25) is 0 Å². The van der Waals surface area contributed by atoms with Crippen LogP contribution in [0.25, 0.3) is 5.69 Å². The molecule has 5 rings (SSSR count). The van der Waals surface area contributed by atoms with E-state index in [9.17, 15) is 18.4 Å². The standard InChI is InChI=1S/C32H32F2N4O2S/c1-20-6-5-7-22(16-20)29-28-30(32(2,3)4)36-38(25-14-12-24(34)13-15-25)31(28)37(27(40)19-41-29)18-26(39)35-17-21-8-10-23(33)11-9-21/h5-16,29H,17-19H2,1-4H3,(H,35,39)/t29-/m1/s1. The molecule has 2 heterocycles. The van der Waals surface area contributed by atoms with Gasteiger partial charge in [0.25, 0.3) is 0 Å². The summed E-state index contributed by atoms with van der Waals surface area (Å²) in [6, 6.07) is 20.0. The van der Waals surface area contributed by atoms with Crippen LogP contribution in [0.3, 0.4) is 0 Å². The second kappa shape index (κ2) is 11.5. The summed E-state index contributed by atoms with van der Waals surface area (Å²) < 4.78 is 28.9. The monoisotopic (exact) mass is 574 g/mol. The lowest BCUT2D eigenvalue weighted by Crippen LogP contribution is -2.42. The van der Waals surface area contributed by atoms with Gasteiger partial charge in [0.1, 0.15) is 24.0 Å². The maximum Gasteiger partial charge on any atom is 0.240 e. The highest BCUT2D eigenvalue weighted by Gasteiger charge is 2.40. The molecule has 9 heteroatoms.